The molecule has 0 spiro atoms. The van der Waals surface area contributed by atoms with E-state index in [9.17, 15) is 0 Å². The van der Waals surface area contributed by atoms with Crippen LogP contribution in [0.4, 0.5) is 5.69 Å². The molecular weight excluding hydrogens is 330 g/mol. The third kappa shape index (κ3) is 3.91. The third-order valence-corrected chi connectivity index (χ3v) is 3.89. The first-order valence-corrected chi connectivity index (χ1v) is 7.71. The van der Waals surface area contributed by atoms with Crippen LogP contribution in [0.1, 0.15) is 24.9 Å². The molecule has 1 unspecified atom stereocenters. The summed E-state index contributed by atoms with van der Waals surface area (Å²) in [5, 5.41) is 3.54. The van der Waals surface area contributed by atoms with Crippen LogP contribution in [0.3, 0.4) is 0 Å². The first kappa shape index (κ1) is 15.7. The zero-order valence-electron chi connectivity index (χ0n) is 12.5. The van der Waals surface area contributed by atoms with Crippen LogP contribution >= 0.6 is 15.9 Å². The molecule has 2 rings (SSSR count). The van der Waals surface area contributed by atoms with Crippen molar-refractivity contribution >= 4 is 21.6 Å². The van der Waals surface area contributed by atoms with Gasteiger partial charge in [-0.15, -0.1) is 0 Å². The summed E-state index contributed by atoms with van der Waals surface area (Å²) < 4.78 is 11.8. The first-order valence-electron chi connectivity index (χ1n) is 6.92. The van der Waals surface area contributed by atoms with Crippen molar-refractivity contribution in [2.75, 3.05) is 19.5 Å². The highest BCUT2D eigenvalue weighted by atomic mass is 79.9. The number of rotatable bonds is 6. The maximum absolute atomic E-state index is 5.44. The van der Waals surface area contributed by atoms with Gasteiger partial charge in [-0.2, -0.15) is 0 Å². The number of benzene rings is 2. The van der Waals surface area contributed by atoms with Gasteiger partial charge in [0.2, 0.25) is 0 Å². The van der Waals surface area contributed by atoms with Crippen molar-refractivity contribution in [2.45, 2.75) is 19.4 Å². The lowest BCUT2D eigenvalue weighted by molar-refractivity contribution is 0.395. The van der Waals surface area contributed by atoms with E-state index in [1.165, 1.54) is 5.56 Å². The first-order chi connectivity index (χ1) is 10.2. The zero-order valence-corrected chi connectivity index (χ0v) is 14.1. The van der Waals surface area contributed by atoms with Crippen LogP contribution in [0, 0.1) is 0 Å². The van der Waals surface area contributed by atoms with Crippen LogP contribution in [-0.2, 0) is 0 Å². The molecule has 0 aromatic heterocycles. The van der Waals surface area contributed by atoms with E-state index in [4.69, 9.17) is 9.47 Å². The Labute approximate surface area is 134 Å². The topological polar surface area (TPSA) is 30.5 Å². The number of anilines is 1. The smallest absolute Gasteiger partial charge is 0.145 e. The fourth-order valence-corrected chi connectivity index (χ4v) is 2.67. The Morgan fingerprint density at radius 1 is 1.10 bits per heavy atom. The maximum Gasteiger partial charge on any atom is 0.145 e. The minimum atomic E-state index is 0.227. The second-order valence-electron chi connectivity index (χ2n) is 4.73. The molecule has 0 saturated heterocycles. The fraction of sp³-hybridized carbons (Fsp3) is 0.294. The molecule has 0 heterocycles. The van der Waals surface area contributed by atoms with Gasteiger partial charge in [-0.05, 0) is 36.2 Å². The molecule has 0 radical (unpaired) electrons. The number of hydrogen-bond donors (Lipinski definition) is 1. The Hall–Kier alpha value is -1.68. The lowest BCUT2D eigenvalue weighted by atomic mass is 10.0. The Balaban J connectivity index is 2.26. The van der Waals surface area contributed by atoms with Crippen molar-refractivity contribution in [3.8, 4) is 11.5 Å². The number of methoxy groups -OCH3 is 2. The lowest BCUT2D eigenvalue weighted by Crippen LogP contribution is -2.10. The van der Waals surface area contributed by atoms with E-state index in [0.29, 0.717) is 0 Å². The summed E-state index contributed by atoms with van der Waals surface area (Å²) >= 11 is 3.52. The van der Waals surface area contributed by atoms with Crippen molar-refractivity contribution in [3.63, 3.8) is 0 Å². The van der Waals surface area contributed by atoms with Crippen LogP contribution in [-0.4, -0.2) is 14.2 Å². The average molecular weight is 350 g/mol. The van der Waals surface area contributed by atoms with Gasteiger partial charge in [0, 0.05) is 10.5 Å². The molecule has 3 nitrogen and oxygen atoms in total. The van der Waals surface area contributed by atoms with Gasteiger partial charge >= 0.3 is 0 Å². The third-order valence-electron chi connectivity index (χ3n) is 3.40. The second kappa shape index (κ2) is 7.36. The quantitative estimate of drug-likeness (QED) is 0.793. The average Bonchev–Trinajstić information content (AvgIpc) is 2.52. The van der Waals surface area contributed by atoms with Gasteiger partial charge in [0.05, 0.1) is 25.9 Å². The molecule has 0 aliphatic rings. The molecule has 112 valence electrons. The van der Waals surface area contributed by atoms with E-state index in [1.54, 1.807) is 14.2 Å². The van der Waals surface area contributed by atoms with Crippen molar-refractivity contribution < 1.29 is 9.47 Å². The molecule has 2 aromatic rings. The predicted molar refractivity (Wildman–Crippen MR) is 90.3 cm³/mol. The summed E-state index contributed by atoms with van der Waals surface area (Å²) in [5.41, 5.74) is 2.20. The summed E-state index contributed by atoms with van der Waals surface area (Å²) in [6.45, 7) is 2.16. The standard InChI is InChI=1S/C17H20BrNO2/c1-4-15(12-6-5-7-13(18)10-12)19-16-9-8-14(20-2)11-17(16)21-3/h5-11,15,19H,4H2,1-3H3. The zero-order chi connectivity index (χ0) is 15.2. The van der Waals surface area contributed by atoms with Crippen molar-refractivity contribution in [1.29, 1.82) is 0 Å². The molecule has 0 aliphatic carbocycles. The van der Waals surface area contributed by atoms with E-state index >= 15 is 0 Å². The van der Waals surface area contributed by atoms with Gasteiger partial charge in [0.1, 0.15) is 11.5 Å². The van der Waals surface area contributed by atoms with Gasteiger partial charge in [0.15, 0.2) is 0 Å². The largest absolute Gasteiger partial charge is 0.497 e. The molecule has 0 bridgehead atoms. The van der Waals surface area contributed by atoms with Crippen LogP contribution < -0.4 is 14.8 Å². The molecular formula is C17H20BrNO2. The Morgan fingerprint density at radius 3 is 2.52 bits per heavy atom. The highest BCUT2D eigenvalue weighted by Crippen LogP contribution is 2.33. The second-order valence-corrected chi connectivity index (χ2v) is 5.64. The minimum Gasteiger partial charge on any atom is -0.497 e. The van der Waals surface area contributed by atoms with E-state index < -0.39 is 0 Å². The fourth-order valence-electron chi connectivity index (χ4n) is 2.25. The van der Waals surface area contributed by atoms with E-state index in [-0.39, 0.29) is 6.04 Å². The lowest BCUT2D eigenvalue weighted by Gasteiger charge is -2.21. The SMILES string of the molecule is CCC(Nc1ccc(OC)cc1OC)c1cccc(Br)c1. The van der Waals surface area contributed by atoms with Gasteiger partial charge in [0.25, 0.3) is 0 Å². The molecule has 0 amide bonds. The normalized spacial score (nSPS) is 11.8. The Kier molecular flexibility index (Phi) is 5.51. The van der Waals surface area contributed by atoms with Gasteiger partial charge in [-0.3, -0.25) is 0 Å². The Morgan fingerprint density at radius 2 is 1.90 bits per heavy atom. The van der Waals surface area contributed by atoms with E-state index in [1.807, 2.05) is 24.3 Å². The summed E-state index contributed by atoms with van der Waals surface area (Å²) in [6.07, 6.45) is 0.978. The minimum absolute atomic E-state index is 0.227. The summed E-state index contributed by atoms with van der Waals surface area (Å²) in [6, 6.07) is 14.4. The maximum atomic E-state index is 5.44. The van der Waals surface area contributed by atoms with Crippen LogP contribution in [0.5, 0.6) is 11.5 Å². The predicted octanol–water partition coefficient (Wildman–Crippen LogP) is 5.03. The van der Waals surface area contributed by atoms with Gasteiger partial charge in [-0.25, -0.2) is 0 Å². The molecule has 21 heavy (non-hydrogen) atoms. The molecule has 2 aromatic carbocycles. The monoisotopic (exact) mass is 349 g/mol. The Bertz CT molecular complexity index is 601. The van der Waals surface area contributed by atoms with Crippen molar-refractivity contribution in [1.82, 2.24) is 0 Å². The molecule has 1 N–H and O–H groups in total. The van der Waals surface area contributed by atoms with E-state index in [0.717, 1.165) is 28.1 Å². The van der Waals surface area contributed by atoms with E-state index in [2.05, 4.69) is 46.4 Å². The highest BCUT2D eigenvalue weighted by molar-refractivity contribution is 9.10. The molecule has 1 atom stereocenters. The van der Waals surface area contributed by atoms with Gasteiger partial charge < -0.3 is 14.8 Å². The molecule has 4 heteroatoms. The summed E-state index contributed by atoms with van der Waals surface area (Å²) in [4.78, 5) is 0. The molecule has 0 fully saturated rings. The molecule has 0 aliphatic heterocycles. The van der Waals surface area contributed by atoms with Crippen LogP contribution in [0.25, 0.3) is 0 Å². The van der Waals surface area contributed by atoms with Crippen LogP contribution in [0.15, 0.2) is 46.9 Å². The highest BCUT2D eigenvalue weighted by Gasteiger charge is 2.13. The van der Waals surface area contributed by atoms with Crippen molar-refractivity contribution in [3.05, 3.63) is 52.5 Å². The summed E-state index contributed by atoms with van der Waals surface area (Å²) in [7, 11) is 3.32. The number of nitrogens with one attached hydrogen (secondary N) is 1. The number of hydrogen-bond acceptors (Lipinski definition) is 3. The number of ether oxygens (including phenoxy) is 2. The van der Waals surface area contributed by atoms with Crippen molar-refractivity contribution in [2.24, 2.45) is 0 Å². The molecule has 0 saturated carbocycles. The number of halogens is 1. The summed E-state index contributed by atoms with van der Waals surface area (Å²) in [5.74, 6) is 1.57. The van der Waals surface area contributed by atoms with Gasteiger partial charge in [-0.1, -0.05) is 35.0 Å². The van der Waals surface area contributed by atoms with Crippen LogP contribution in [0.2, 0.25) is 0 Å².